The van der Waals surface area contributed by atoms with Gasteiger partial charge in [0.1, 0.15) is 12.4 Å². The highest BCUT2D eigenvalue weighted by atomic mass is 35.5. The minimum absolute atomic E-state index is 0.0655. The molecule has 1 aliphatic rings. The largest absolute Gasteiger partial charge is 0.491 e. The molecule has 1 unspecified atom stereocenters. The van der Waals surface area contributed by atoms with E-state index in [1.165, 1.54) is 0 Å². The molecule has 0 radical (unpaired) electrons. The molecule has 3 nitrogen and oxygen atoms in total. The third kappa shape index (κ3) is 2.31. The summed E-state index contributed by atoms with van der Waals surface area (Å²) >= 11 is 11.9. The molecule has 0 saturated carbocycles. The highest BCUT2D eigenvalue weighted by Crippen LogP contribution is 2.37. The van der Waals surface area contributed by atoms with Crippen LogP contribution < -0.4 is 15.8 Å². The number of para-hydroxylation sites is 1. The summed E-state index contributed by atoms with van der Waals surface area (Å²) in [5, 5.41) is 4.27. The van der Waals surface area contributed by atoms with Crippen LogP contribution in [-0.4, -0.2) is 6.61 Å². The summed E-state index contributed by atoms with van der Waals surface area (Å²) in [6.07, 6.45) is 0. The number of hydrogen-bond donors (Lipinski definition) is 2. The Morgan fingerprint density at radius 1 is 1.16 bits per heavy atom. The minimum atomic E-state index is 0.0655. The topological polar surface area (TPSA) is 47.3 Å². The molecule has 1 aliphatic heterocycles. The van der Waals surface area contributed by atoms with Crippen LogP contribution in [0.5, 0.6) is 5.75 Å². The molecule has 2 aromatic carbocycles. The van der Waals surface area contributed by atoms with Crippen molar-refractivity contribution >= 4 is 34.6 Å². The maximum atomic E-state index is 6.01. The maximum absolute atomic E-state index is 6.01. The maximum Gasteiger partial charge on any atom is 0.124 e. The zero-order chi connectivity index (χ0) is 13.4. The van der Waals surface area contributed by atoms with Gasteiger partial charge in [-0.25, -0.2) is 0 Å². The second-order valence-corrected chi connectivity index (χ2v) is 5.21. The first-order valence-electron chi connectivity index (χ1n) is 5.88. The van der Waals surface area contributed by atoms with Gasteiger partial charge in [0.05, 0.1) is 27.5 Å². The van der Waals surface area contributed by atoms with Gasteiger partial charge < -0.3 is 15.8 Å². The highest BCUT2D eigenvalue weighted by Gasteiger charge is 2.24. The lowest BCUT2D eigenvalue weighted by Crippen LogP contribution is -2.13. The number of ether oxygens (including phenoxy) is 1. The van der Waals surface area contributed by atoms with Crippen molar-refractivity contribution in [2.45, 2.75) is 6.04 Å². The Balaban J connectivity index is 1.89. The molecule has 5 heteroatoms. The quantitative estimate of drug-likeness (QED) is 0.819. The fourth-order valence-corrected chi connectivity index (χ4v) is 2.49. The number of anilines is 2. The summed E-state index contributed by atoms with van der Waals surface area (Å²) in [6.45, 7) is 0.568. The number of benzene rings is 2. The van der Waals surface area contributed by atoms with Crippen molar-refractivity contribution in [1.82, 2.24) is 0 Å². The number of hydrogen-bond acceptors (Lipinski definition) is 3. The van der Waals surface area contributed by atoms with Crippen LogP contribution in [-0.2, 0) is 0 Å². The molecule has 0 spiro atoms. The standard InChI is InChI=1S/C14H12Cl2N2O/c15-9-5-11(17)12(6-10(9)16)18-13-7-19-14-4-2-1-3-8(13)14/h1-6,13,18H,7,17H2. The SMILES string of the molecule is Nc1cc(Cl)c(Cl)cc1NC1COc2ccccc21. The minimum Gasteiger partial charge on any atom is -0.491 e. The van der Waals surface area contributed by atoms with Crippen molar-refractivity contribution < 1.29 is 4.74 Å². The van der Waals surface area contributed by atoms with Crippen molar-refractivity contribution in [3.05, 3.63) is 52.0 Å². The van der Waals surface area contributed by atoms with Crippen LogP contribution in [0.3, 0.4) is 0 Å². The van der Waals surface area contributed by atoms with Crippen LogP contribution in [0.1, 0.15) is 11.6 Å². The van der Waals surface area contributed by atoms with Gasteiger partial charge in [0, 0.05) is 5.56 Å². The second-order valence-electron chi connectivity index (χ2n) is 4.40. The third-order valence-corrected chi connectivity index (χ3v) is 3.84. The van der Waals surface area contributed by atoms with Gasteiger partial charge in [0.2, 0.25) is 0 Å². The lowest BCUT2D eigenvalue weighted by molar-refractivity contribution is 0.340. The molecule has 3 rings (SSSR count). The first-order valence-corrected chi connectivity index (χ1v) is 6.63. The van der Waals surface area contributed by atoms with Crippen LogP contribution in [0.15, 0.2) is 36.4 Å². The van der Waals surface area contributed by atoms with E-state index >= 15 is 0 Å². The number of halogens is 2. The molecule has 0 amide bonds. The van der Waals surface area contributed by atoms with Gasteiger partial charge in [0.15, 0.2) is 0 Å². The second kappa shape index (κ2) is 4.83. The summed E-state index contributed by atoms with van der Waals surface area (Å²) in [4.78, 5) is 0. The molecule has 19 heavy (non-hydrogen) atoms. The molecule has 0 saturated heterocycles. The summed E-state index contributed by atoms with van der Waals surface area (Å²) in [5.41, 5.74) is 8.39. The Kier molecular flexibility index (Phi) is 3.17. The summed E-state index contributed by atoms with van der Waals surface area (Å²) < 4.78 is 5.61. The molecule has 0 fully saturated rings. The molecule has 0 aromatic heterocycles. The number of fused-ring (bicyclic) bond motifs is 1. The lowest BCUT2D eigenvalue weighted by atomic mass is 10.1. The fourth-order valence-electron chi connectivity index (χ4n) is 2.16. The first kappa shape index (κ1) is 12.5. The molecule has 1 atom stereocenters. The Hall–Kier alpha value is -1.58. The monoisotopic (exact) mass is 294 g/mol. The first-order chi connectivity index (χ1) is 9.15. The van der Waals surface area contributed by atoms with Gasteiger partial charge in [0.25, 0.3) is 0 Å². The van der Waals surface area contributed by atoms with Crippen LogP contribution in [0.4, 0.5) is 11.4 Å². The van der Waals surface area contributed by atoms with E-state index in [2.05, 4.69) is 5.32 Å². The Labute approximate surface area is 121 Å². The van der Waals surface area contributed by atoms with E-state index in [1.54, 1.807) is 12.1 Å². The number of nitrogen functional groups attached to an aromatic ring is 1. The van der Waals surface area contributed by atoms with E-state index in [4.69, 9.17) is 33.7 Å². The zero-order valence-electron chi connectivity index (χ0n) is 9.99. The van der Waals surface area contributed by atoms with Crippen molar-refractivity contribution in [3.63, 3.8) is 0 Å². The lowest BCUT2D eigenvalue weighted by Gasteiger charge is -2.16. The van der Waals surface area contributed by atoms with Gasteiger partial charge in [-0.1, -0.05) is 41.4 Å². The molecular weight excluding hydrogens is 283 g/mol. The molecule has 3 N–H and O–H groups in total. The number of rotatable bonds is 2. The normalized spacial score (nSPS) is 16.8. The predicted molar refractivity (Wildman–Crippen MR) is 79.2 cm³/mol. The predicted octanol–water partition coefficient (Wildman–Crippen LogP) is 4.12. The van der Waals surface area contributed by atoms with E-state index in [9.17, 15) is 0 Å². The van der Waals surface area contributed by atoms with E-state index in [-0.39, 0.29) is 6.04 Å². The molecule has 2 aromatic rings. The van der Waals surface area contributed by atoms with Crippen molar-refractivity contribution in [1.29, 1.82) is 0 Å². The third-order valence-electron chi connectivity index (χ3n) is 3.12. The van der Waals surface area contributed by atoms with E-state index in [0.29, 0.717) is 22.3 Å². The Morgan fingerprint density at radius 3 is 2.74 bits per heavy atom. The zero-order valence-corrected chi connectivity index (χ0v) is 11.5. The Morgan fingerprint density at radius 2 is 1.89 bits per heavy atom. The summed E-state index contributed by atoms with van der Waals surface area (Å²) in [7, 11) is 0. The van der Waals surface area contributed by atoms with Gasteiger partial charge in [-0.15, -0.1) is 0 Å². The van der Waals surface area contributed by atoms with Crippen LogP contribution in [0.25, 0.3) is 0 Å². The van der Waals surface area contributed by atoms with Gasteiger partial charge >= 0.3 is 0 Å². The van der Waals surface area contributed by atoms with Crippen LogP contribution in [0.2, 0.25) is 10.0 Å². The highest BCUT2D eigenvalue weighted by molar-refractivity contribution is 6.42. The van der Waals surface area contributed by atoms with E-state index < -0.39 is 0 Å². The van der Waals surface area contributed by atoms with Crippen LogP contribution >= 0.6 is 23.2 Å². The number of nitrogens with two attached hydrogens (primary N) is 1. The van der Waals surface area contributed by atoms with Crippen molar-refractivity contribution in [2.75, 3.05) is 17.7 Å². The molecule has 98 valence electrons. The van der Waals surface area contributed by atoms with Gasteiger partial charge in [-0.2, -0.15) is 0 Å². The molecule has 0 aliphatic carbocycles. The van der Waals surface area contributed by atoms with Crippen molar-refractivity contribution in [2.24, 2.45) is 0 Å². The van der Waals surface area contributed by atoms with Crippen molar-refractivity contribution in [3.8, 4) is 5.75 Å². The Bertz CT molecular complexity index is 631. The van der Waals surface area contributed by atoms with Gasteiger partial charge in [-0.05, 0) is 18.2 Å². The van der Waals surface area contributed by atoms with E-state index in [1.807, 2.05) is 24.3 Å². The fraction of sp³-hybridized carbons (Fsp3) is 0.143. The smallest absolute Gasteiger partial charge is 0.124 e. The summed E-state index contributed by atoms with van der Waals surface area (Å²) in [6, 6.07) is 11.4. The molecule has 0 bridgehead atoms. The molecular formula is C14H12Cl2N2O. The van der Waals surface area contributed by atoms with Gasteiger partial charge in [-0.3, -0.25) is 0 Å². The number of nitrogens with one attached hydrogen (secondary N) is 1. The van der Waals surface area contributed by atoms with Crippen LogP contribution in [0, 0.1) is 0 Å². The molecule has 1 heterocycles. The average molecular weight is 295 g/mol. The van der Waals surface area contributed by atoms with E-state index in [0.717, 1.165) is 17.0 Å². The summed E-state index contributed by atoms with van der Waals surface area (Å²) in [5.74, 6) is 0.902. The average Bonchev–Trinajstić information content (AvgIpc) is 2.80.